The fraction of sp³-hybridized carbons (Fsp3) is 0.375. The second-order valence-corrected chi connectivity index (χ2v) is 6.29. The zero-order chi connectivity index (χ0) is 16.7. The zero-order valence-corrected chi connectivity index (χ0v) is 13.4. The van der Waals surface area contributed by atoms with Crippen molar-refractivity contribution in [1.29, 1.82) is 0 Å². The van der Waals surface area contributed by atoms with Gasteiger partial charge in [0.2, 0.25) is 5.71 Å². The minimum absolute atomic E-state index is 0.0287. The molecule has 3 aromatic rings. The van der Waals surface area contributed by atoms with Crippen molar-refractivity contribution in [2.24, 2.45) is 0 Å². The Kier molecular flexibility index (Phi) is 3.26. The van der Waals surface area contributed by atoms with E-state index in [2.05, 4.69) is 32.7 Å². The molecular weight excluding hydrogens is 310 g/mol. The molecule has 1 aliphatic carbocycles. The second-order valence-electron chi connectivity index (χ2n) is 6.29. The molecule has 8 heteroatoms. The van der Waals surface area contributed by atoms with Crippen molar-refractivity contribution < 1.29 is 13.7 Å². The lowest BCUT2D eigenvalue weighted by molar-refractivity contribution is 0.0950. The van der Waals surface area contributed by atoms with Crippen LogP contribution in [0.4, 0.5) is 5.82 Å². The Labute approximate surface area is 137 Å². The van der Waals surface area contributed by atoms with Crippen molar-refractivity contribution in [2.45, 2.75) is 38.8 Å². The first-order chi connectivity index (χ1) is 11.6. The van der Waals surface area contributed by atoms with E-state index in [-0.39, 0.29) is 18.0 Å². The normalized spacial score (nSPS) is 15.4. The van der Waals surface area contributed by atoms with Gasteiger partial charge in [-0.15, -0.1) is 0 Å². The molecule has 3 heterocycles. The third-order valence-corrected chi connectivity index (χ3v) is 4.23. The van der Waals surface area contributed by atoms with E-state index in [1.165, 1.54) is 12.6 Å². The van der Waals surface area contributed by atoms with Gasteiger partial charge in [-0.2, -0.15) is 0 Å². The standard InChI is InChI=1S/C16H17N5O3/c1-9-11(14(22)17-7-10-3-6-23-21-10)12-13(20-16(2)4-5-16)18-8-19-15(12)24-9/h3,6,8H,4-5,7H2,1-2H3,(H,17,22)(H,18,19,20). The molecule has 0 aromatic carbocycles. The maximum atomic E-state index is 12.7. The Bertz CT molecular complexity index is 896. The van der Waals surface area contributed by atoms with E-state index in [9.17, 15) is 4.79 Å². The van der Waals surface area contributed by atoms with E-state index in [1.54, 1.807) is 13.0 Å². The summed E-state index contributed by atoms with van der Waals surface area (Å²) in [4.78, 5) is 21.1. The predicted octanol–water partition coefficient (Wildman–Crippen LogP) is 2.41. The van der Waals surface area contributed by atoms with Crippen LogP contribution in [-0.2, 0) is 6.54 Å². The molecular formula is C16H17N5O3. The number of hydrogen-bond donors (Lipinski definition) is 2. The molecule has 0 bridgehead atoms. The van der Waals surface area contributed by atoms with Crippen LogP contribution in [0.5, 0.6) is 0 Å². The van der Waals surface area contributed by atoms with Crippen LogP contribution >= 0.6 is 0 Å². The van der Waals surface area contributed by atoms with Crippen LogP contribution in [0.15, 0.2) is 27.6 Å². The summed E-state index contributed by atoms with van der Waals surface area (Å²) in [5.41, 5.74) is 1.52. The highest BCUT2D eigenvalue weighted by molar-refractivity contribution is 6.10. The molecule has 8 nitrogen and oxygen atoms in total. The quantitative estimate of drug-likeness (QED) is 0.741. The van der Waals surface area contributed by atoms with Gasteiger partial charge in [-0.05, 0) is 26.7 Å². The molecule has 1 aliphatic rings. The molecule has 4 rings (SSSR count). The summed E-state index contributed by atoms with van der Waals surface area (Å²) in [6, 6.07) is 1.70. The van der Waals surface area contributed by atoms with Crippen molar-refractivity contribution >= 4 is 22.8 Å². The smallest absolute Gasteiger partial charge is 0.255 e. The summed E-state index contributed by atoms with van der Waals surface area (Å²) in [7, 11) is 0. The molecule has 24 heavy (non-hydrogen) atoms. The van der Waals surface area contributed by atoms with Gasteiger partial charge in [0, 0.05) is 11.6 Å². The average molecular weight is 327 g/mol. The molecule has 2 N–H and O–H groups in total. The number of aromatic nitrogens is 3. The Morgan fingerprint density at radius 2 is 2.21 bits per heavy atom. The molecule has 0 radical (unpaired) electrons. The van der Waals surface area contributed by atoms with Gasteiger partial charge in [0.1, 0.15) is 29.9 Å². The minimum Gasteiger partial charge on any atom is -0.442 e. The molecule has 0 unspecified atom stereocenters. The van der Waals surface area contributed by atoms with Crippen LogP contribution in [-0.4, -0.2) is 26.6 Å². The lowest BCUT2D eigenvalue weighted by Crippen LogP contribution is -2.24. The molecule has 3 aromatic heterocycles. The monoisotopic (exact) mass is 327 g/mol. The first-order valence-electron chi connectivity index (χ1n) is 7.75. The summed E-state index contributed by atoms with van der Waals surface area (Å²) in [6.45, 7) is 4.14. The number of amides is 1. The number of nitrogens with one attached hydrogen (secondary N) is 2. The Hall–Kier alpha value is -2.90. The number of fused-ring (bicyclic) bond motifs is 1. The lowest BCUT2D eigenvalue weighted by Gasteiger charge is -2.13. The van der Waals surface area contributed by atoms with Gasteiger partial charge >= 0.3 is 0 Å². The summed E-state index contributed by atoms with van der Waals surface area (Å²) >= 11 is 0. The molecule has 0 spiro atoms. The Balaban J connectivity index is 1.68. The number of rotatable bonds is 5. The van der Waals surface area contributed by atoms with Crippen molar-refractivity contribution in [3.8, 4) is 0 Å². The van der Waals surface area contributed by atoms with Crippen molar-refractivity contribution in [1.82, 2.24) is 20.4 Å². The largest absolute Gasteiger partial charge is 0.442 e. The SMILES string of the molecule is Cc1oc2ncnc(NC3(C)CC3)c2c1C(=O)NCc1ccon1. The van der Waals surface area contributed by atoms with Crippen molar-refractivity contribution in [3.05, 3.63) is 35.7 Å². The van der Waals surface area contributed by atoms with E-state index in [1.807, 2.05) is 0 Å². The summed E-state index contributed by atoms with van der Waals surface area (Å²) in [6.07, 6.45) is 5.05. The van der Waals surface area contributed by atoms with Crippen molar-refractivity contribution in [3.63, 3.8) is 0 Å². The number of nitrogens with zero attached hydrogens (tertiary/aromatic N) is 3. The Morgan fingerprint density at radius 1 is 1.38 bits per heavy atom. The zero-order valence-electron chi connectivity index (χ0n) is 13.4. The van der Waals surface area contributed by atoms with Crippen LogP contribution < -0.4 is 10.6 Å². The number of carbonyl (C=O) groups excluding carboxylic acids is 1. The predicted molar refractivity (Wildman–Crippen MR) is 85.5 cm³/mol. The number of carbonyl (C=O) groups is 1. The highest BCUT2D eigenvalue weighted by atomic mass is 16.5. The average Bonchev–Trinajstić information content (AvgIpc) is 2.98. The van der Waals surface area contributed by atoms with Gasteiger partial charge in [-0.25, -0.2) is 9.97 Å². The maximum absolute atomic E-state index is 12.7. The van der Waals surface area contributed by atoms with Crippen molar-refractivity contribution in [2.75, 3.05) is 5.32 Å². The highest BCUT2D eigenvalue weighted by Crippen LogP contribution is 2.40. The maximum Gasteiger partial charge on any atom is 0.255 e. The van der Waals surface area contributed by atoms with E-state index in [0.717, 1.165) is 12.8 Å². The van der Waals surface area contributed by atoms with Gasteiger partial charge in [-0.3, -0.25) is 4.79 Å². The minimum atomic E-state index is -0.256. The van der Waals surface area contributed by atoms with Gasteiger partial charge in [0.15, 0.2) is 0 Å². The van der Waals surface area contributed by atoms with E-state index in [4.69, 9.17) is 8.94 Å². The summed E-state index contributed by atoms with van der Waals surface area (Å²) in [5.74, 6) is 0.878. The van der Waals surface area contributed by atoms with E-state index in [0.29, 0.717) is 33.9 Å². The van der Waals surface area contributed by atoms with Gasteiger partial charge in [0.25, 0.3) is 5.91 Å². The third-order valence-electron chi connectivity index (χ3n) is 4.23. The number of hydrogen-bond acceptors (Lipinski definition) is 7. The third kappa shape index (κ3) is 2.60. The first-order valence-corrected chi connectivity index (χ1v) is 7.75. The van der Waals surface area contributed by atoms with Gasteiger partial charge in [0.05, 0.1) is 17.5 Å². The van der Waals surface area contributed by atoms with E-state index >= 15 is 0 Å². The number of aryl methyl sites for hydroxylation is 1. The van der Waals surface area contributed by atoms with Crippen LogP contribution in [0.1, 0.15) is 41.6 Å². The van der Waals surface area contributed by atoms with Crippen LogP contribution in [0, 0.1) is 6.92 Å². The number of anilines is 1. The topological polar surface area (TPSA) is 106 Å². The van der Waals surface area contributed by atoms with Crippen LogP contribution in [0.25, 0.3) is 11.1 Å². The molecule has 1 amide bonds. The van der Waals surface area contributed by atoms with Crippen LogP contribution in [0.2, 0.25) is 0 Å². The summed E-state index contributed by atoms with van der Waals surface area (Å²) in [5, 5.41) is 10.6. The molecule has 124 valence electrons. The van der Waals surface area contributed by atoms with Gasteiger partial charge in [-0.1, -0.05) is 5.16 Å². The molecule has 0 aliphatic heterocycles. The molecule has 0 saturated heterocycles. The Morgan fingerprint density at radius 3 is 2.92 bits per heavy atom. The number of furan rings is 1. The summed E-state index contributed by atoms with van der Waals surface area (Å²) < 4.78 is 10.4. The van der Waals surface area contributed by atoms with E-state index < -0.39 is 0 Å². The highest BCUT2D eigenvalue weighted by Gasteiger charge is 2.38. The molecule has 1 saturated carbocycles. The van der Waals surface area contributed by atoms with Gasteiger partial charge < -0.3 is 19.6 Å². The fourth-order valence-corrected chi connectivity index (χ4v) is 2.60. The molecule has 0 atom stereocenters. The fourth-order valence-electron chi connectivity index (χ4n) is 2.60. The molecule has 1 fully saturated rings. The first kappa shape index (κ1) is 14.7. The lowest BCUT2D eigenvalue weighted by atomic mass is 10.1. The second kappa shape index (κ2) is 5.33. The van der Waals surface area contributed by atoms with Crippen LogP contribution in [0.3, 0.4) is 0 Å².